The van der Waals surface area contributed by atoms with Gasteiger partial charge in [-0.25, -0.2) is 4.98 Å². The highest BCUT2D eigenvalue weighted by Gasteiger charge is 2.63. The number of aromatic nitrogens is 1. The van der Waals surface area contributed by atoms with Gasteiger partial charge in [-0.3, -0.25) is 9.69 Å². The number of ether oxygens (including phenoxy) is 1. The van der Waals surface area contributed by atoms with Crippen LogP contribution in [0, 0.1) is 5.92 Å². The van der Waals surface area contributed by atoms with Crippen LogP contribution in [0.4, 0.5) is 5.82 Å². The Morgan fingerprint density at radius 2 is 1.94 bits per heavy atom. The first-order valence-corrected chi connectivity index (χ1v) is 12.2. The molecule has 0 bridgehead atoms. The summed E-state index contributed by atoms with van der Waals surface area (Å²) in [6.07, 6.45) is 6.44. The van der Waals surface area contributed by atoms with Crippen molar-refractivity contribution in [3.05, 3.63) is 47.7 Å². The van der Waals surface area contributed by atoms with Gasteiger partial charge >= 0.3 is 0 Å². The Hall–Kier alpha value is -2.48. The molecule has 2 aromatic rings. The van der Waals surface area contributed by atoms with Crippen molar-refractivity contribution in [1.82, 2.24) is 15.2 Å². The maximum absolute atomic E-state index is 12.9. The number of fused-ring (bicyclic) bond motifs is 1. The van der Waals surface area contributed by atoms with E-state index in [0.717, 1.165) is 55.8 Å². The minimum Gasteiger partial charge on any atom is -0.393 e. The van der Waals surface area contributed by atoms with E-state index in [9.17, 15) is 9.90 Å². The molecule has 2 saturated carbocycles. The maximum atomic E-state index is 12.9. The Labute approximate surface area is 194 Å². The maximum Gasteiger partial charge on any atom is 0.255 e. The normalized spacial score (nSPS) is 35.2. The van der Waals surface area contributed by atoms with Crippen LogP contribution in [0.5, 0.6) is 0 Å². The second-order valence-corrected chi connectivity index (χ2v) is 10.4. The van der Waals surface area contributed by atoms with Gasteiger partial charge in [-0.1, -0.05) is 24.3 Å². The summed E-state index contributed by atoms with van der Waals surface area (Å²) in [6, 6.07) is 10.7. The predicted molar refractivity (Wildman–Crippen MR) is 126 cm³/mol. The van der Waals surface area contributed by atoms with Gasteiger partial charge in [0.2, 0.25) is 0 Å². The van der Waals surface area contributed by atoms with Crippen LogP contribution in [0.1, 0.15) is 54.9 Å². The minimum absolute atomic E-state index is 0.0731. The lowest BCUT2D eigenvalue weighted by atomic mass is 9.92. The Bertz CT molecular complexity index is 1070. The van der Waals surface area contributed by atoms with Gasteiger partial charge < -0.3 is 20.9 Å². The second-order valence-electron chi connectivity index (χ2n) is 10.4. The second kappa shape index (κ2) is 7.79. The molecule has 4 atom stereocenters. The first-order valence-electron chi connectivity index (χ1n) is 12.2. The molecule has 3 heterocycles. The van der Waals surface area contributed by atoms with Crippen LogP contribution >= 0.6 is 0 Å². The smallest absolute Gasteiger partial charge is 0.255 e. The first-order chi connectivity index (χ1) is 15.9. The topological polar surface area (TPSA) is 104 Å². The molecule has 7 heteroatoms. The number of nitrogens with two attached hydrogens (primary N) is 1. The zero-order chi connectivity index (χ0) is 22.7. The van der Waals surface area contributed by atoms with Gasteiger partial charge in [0, 0.05) is 36.3 Å². The molecule has 4 N–H and O–H groups in total. The summed E-state index contributed by atoms with van der Waals surface area (Å²) < 4.78 is 5.69. The predicted octanol–water partition coefficient (Wildman–Crippen LogP) is 2.68. The summed E-state index contributed by atoms with van der Waals surface area (Å²) in [6.45, 7) is 4.36. The fourth-order valence-electron chi connectivity index (χ4n) is 6.01. The summed E-state index contributed by atoms with van der Waals surface area (Å²) in [7, 11) is 0. The SMILES string of the molecule is CC1OC1N1CC2CC2(c2ccc(-c3cnc(N)c(C(=O)NC4CCC(O)CC4)c3)cc2)C1. The fraction of sp³-hybridized carbons (Fsp3) is 0.538. The zero-order valence-electron chi connectivity index (χ0n) is 19.0. The van der Waals surface area contributed by atoms with Crippen molar-refractivity contribution < 1.29 is 14.6 Å². The molecule has 4 aliphatic rings. The van der Waals surface area contributed by atoms with Gasteiger partial charge in [0.05, 0.1) is 17.8 Å². The number of nitrogens with one attached hydrogen (secondary N) is 1. The summed E-state index contributed by atoms with van der Waals surface area (Å²) in [5.41, 5.74) is 10.1. The van der Waals surface area contributed by atoms with E-state index >= 15 is 0 Å². The van der Waals surface area contributed by atoms with Crippen molar-refractivity contribution in [3.8, 4) is 11.1 Å². The average molecular weight is 449 g/mol. The number of anilines is 1. The number of rotatable bonds is 5. The summed E-state index contributed by atoms with van der Waals surface area (Å²) in [5.74, 6) is 0.780. The molecule has 1 aromatic carbocycles. The molecule has 0 spiro atoms. The highest BCUT2D eigenvalue weighted by molar-refractivity contribution is 5.99. The molecule has 4 unspecified atom stereocenters. The molecule has 1 aromatic heterocycles. The number of pyridine rings is 1. The summed E-state index contributed by atoms with van der Waals surface area (Å²) >= 11 is 0. The molecule has 2 aliphatic heterocycles. The molecule has 2 saturated heterocycles. The van der Waals surface area contributed by atoms with E-state index in [4.69, 9.17) is 10.5 Å². The molecule has 2 aliphatic carbocycles. The lowest BCUT2D eigenvalue weighted by Crippen LogP contribution is -2.38. The Morgan fingerprint density at radius 1 is 1.21 bits per heavy atom. The van der Waals surface area contributed by atoms with E-state index in [2.05, 4.69) is 46.4 Å². The first kappa shape index (κ1) is 21.1. The monoisotopic (exact) mass is 448 g/mol. The molecule has 6 rings (SSSR count). The Kier molecular flexibility index (Phi) is 4.98. The zero-order valence-corrected chi connectivity index (χ0v) is 19.0. The number of amides is 1. The van der Waals surface area contributed by atoms with E-state index in [0.29, 0.717) is 17.9 Å². The van der Waals surface area contributed by atoms with Gasteiger partial charge in [0.1, 0.15) is 12.0 Å². The highest BCUT2D eigenvalue weighted by atomic mass is 16.6. The number of aliphatic hydroxyl groups is 1. The lowest BCUT2D eigenvalue weighted by molar-refractivity contribution is 0.0868. The van der Waals surface area contributed by atoms with Crippen LogP contribution in [0.3, 0.4) is 0 Å². The minimum atomic E-state index is -0.250. The molecule has 7 nitrogen and oxygen atoms in total. The number of carbonyl (C=O) groups is 1. The molecule has 0 radical (unpaired) electrons. The Morgan fingerprint density at radius 3 is 2.64 bits per heavy atom. The highest BCUT2D eigenvalue weighted by Crippen LogP contribution is 2.60. The van der Waals surface area contributed by atoms with Crippen LogP contribution in [0.2, 0.25) is 0 Å². The number of hydrogen-bond donors (Lipinski definition) is 3. The number of nitrogen functional groups attached to an aromatic ring is 1. The number of hydrogen-bond acceptors (Lipinski definition) is 6. The van der Waals surface area contributed by atoms with Gasteiger partial charge in [-0.15, -0.1) is 0 Å². The number of carbonyl (C=O) groups excluding carboxylic acids is 1. The molecule has 174 valence electrons. The number of aliphatic hydroxyl groups excluding tert-OH is 1. The molecule has 4 fully saturated rings. The largest absolute Gasteiger partial charge is 0.393 e. The lowest BCUT2D eigenvalue weighted by Gasteiger charge is -2.26. The van der Waals surface area contributed by atoms with Gasteiger partial charge in [-0.2, -0.15) is 0 Å². The van der Waals surface area contributed by atoms with Crippen LogP contribution in [-0.4, -0.2) is 58.5 Å². The van der Waals surface area contributed by atoms with Crippen LogP contribution in [0.25, 0.3) is 11.1 Å². The van der Waals surface area contributed by atoms with Gasteiger partial charge in [0.25, 0.3) is 5.91 Å². The number of benzene rings is 1. The van der Waals surface area contributed by atoms with Gasteiger partial charge in [0.15, 0.2) is 0 Å². The third kappa shape index (κ3) is 3.82. The van der Waals surface area contributed by atoms with Crippen LogP contribution < -0.4 is 11.1 Å². The average Bonchev–Trinajstić information content (AvgIpc) is 3.70. The fourth-order valence-corrected chi connectivity index (χ4v) is 6.01. The van der Waals surface area contributed by atoms with Crippen LogP contribution in [0.15, 0.2) is 36.5 Å². The standard InChI is InChI=1S/C26H32N4O3/c1-15-25(33-15)30-13-19-11-26(19,14-30)18-4-2-16(3-5-18)17-10-22(23(27)28-12-17)24(32)29-20-6-8-21(31)9-7-20/h2-5,10,12,15,19-21,25,31H,6-9,11,13-14H2,1H3,(H2,27,28)(H,29,32). The van der Waals surface area contributed by atoms with E-state index < -0.39 is 0 Å². The third-order valence-electron chi connectivity index (χ3n) is 8.20. The summed E-state index contributed by atoms with van der Waals surface area (Å²) in [4.78, 5) is 19.7. The Balaban J connectivity index is 1.16. The molecular formula is C26H32N4O3. The van der Waals surface area contributed by atoms with Crippen molar-refractivity contribution in [1.29, 1.82) is 0 Å². The van der Waals surface area contributed by atoms with E-state index in [1.165, 1.54) is 12.0 Å². The van der Waals surface area contributed by atoms with Crippen molar-refractivity contribution in [2.75, 3.05) is 18.8 Å². The van der Waals surface area contributed by atoms with Crippen molar-refractivity contribution >= 4 is 11.7 Å². The van der Waals surface area contributed by atoms with Crippen molar-refractivity contribution in [3.63, 3.8) is 0 Å². The number of likely N-dealkylation sites (tertiary alicyclic amines) is 1. The number of epoxide rings is 1. The van der Waals surface area contributed by atoms with E-state index in [1.54, 1.807) is 6.20 Å². The van der Waals surface area contributed by atoms with E-state index in [1.807, 2.05) is 6.07 Å². The number of nitrogens with zero attached hydrogens (tertiary/aromatic N) is 2. The molecular weight excluding hydrogens is 416 g/mol. The molecule has 1 amide bonds. The van der Waals surface area contributed by atoms with Crippen molar-refractivity contribution in [2.45, 2.75) is 68.9 Å². The summed E-state index contributed by atoms with van der Waals surface area (Å²) in [5, 5.41) is 12.8. The van der Waals surface area contributed by atoms with E-state index in [-0.39, 0.29) is 29.3 Å². The van der Waals surface area contributed by atoms with Gasteiger partial charge in [-0.05, 0) is 62.1 Å². The third-order valence-corrected chi connectivity index (χ3v) is 8.20. The number of piperidine rings is 1. The van der Waals surface area contributed by atoms with Crippen molar-refractivity contribution in [2.24, 2.45) is 5.92 Å². The molecule has 33 heavy (non-hydrogen) atoms. The quantitative estimate of drug-likeness (QED) is 0.608. The van der Waals surface area contributed by atoms with Crippen LogP contribution in [-0.2, 0) is 10.2 Å².